The van der Waals surface area contributed by atoms with E-state index in [0.29, 0.717) is 51.9 Å². The fraction of sp³-hybridized carbons (Fsp3) is 0.250. The van der Waals surface area contributed by atoms with Crippen molar-refractivity contribution in [1.29, 1.82) is 0 Å². The van der Waals surface area contributed by atoms with E-state index >= 15 is 0 Å². The minimum absolute atomic E-state index is 0.0575. The monoisotopic (exact) mass is 501 g/mol. The van der Waals surface area contributed by atoms with Crippen molar-refractivity contribution in [2.24, 2.45) is 5.73 Å². The molecule has 0 fully saturated rings. The Kier molecular flexibility index (Phi) is 6.32. The Balaban J connectivity index is 1.68. The minimum atomic E-state index is -0.701. The molecule has 166 valence electrons. The smallest absolute Gasteiger partial charge is 0.340 e. The van der Waals surface area contributed by atoms with E-state index < -0.39 is 11.9 Å². The standard InChI is InChI=1S/C24H21BrFNO5/c1-30-24(29)22-20(21-17(28)6-3-7-19(21)32-23(22)27)14-8-9-18(16(25)11-14)31-12-13-4-2-5-15(26)10-13/h2,4-5,8-11,20H,3,6-7,12,27H2,1H3/t20-/m0/s1. The van der Waals surface area contributed by atoms with Crippen molar-refractivity contribution in [3.8, 4) is 5.75 Å². The van der Waals surface area contributed by atoms with Gasteiger partial charge in [-0.3, -0.25) is 4.79 Å². The second-order valence-corrected chi connectivity index (χ2v) is 8.38. The molecule has 0 saturated heterocycles. The quantitative estimate of drug-likeness (QED) is 0.600. The van der Waals surface area contributed by atoms with Gasteiger partial charge in [0.15, 0.2) is 5.78 Å². The Morgan fingerprint density at radius 1 is 1.25 bits per heavy atom. The molecule has 0 radical (unpaired) electrons. The number of carbonyl (C=O) groups is 2. The summed E-state index contributed by atoms with van der Waals surface area (Å²) in [6, 6.07) is 11.4. The number of ether oxygens (including phenoxy) is 3. The topological polar surface area (TPSA) is 87.9 Å². The van der Waals surface area contributed by atoms with Crippen LogP contribution in [0.15, 0.2) is 69.7 Å². The number of allylic oxidation sites excluding steroid dienone is 2. The molecule has 8 heteroatoms. The largest absolute Gasteiger partial charge is 0.488 e. The Morgan fingerprint density at radius 2 is 2.06 bits per heavy atom. The number of carbonyl (C=O) groups excluding carboxylic acids is 2. The van der Waals surface area contributed by atoms with Gasteiger partial charge in [0, 0.05) is 18.4 Å². The highest BCUT2D eigenvalue weighted by Gasteiger charge is 2.41. The molecule has 0 saturated carbocycles. The van der Waals surface area contributed by atoms with Crippen LogP contribution in [-0.2, 0) is 25.7 Å². The Hall–Kier alpha value is -3.13. The first kappa shape index (κ1) is 22.1. The van der Waals surface area contributed by atoms with Gasteiger partial charge in [-0.1, -0.05) is 18.2 Å². The molecule has 2 aromatic rings. The van der Waals surface area contributed by atoms with Gasteiger partial charge in [-0.2, -0.15) is 0 Å². The van der Waals surface area contributed by atoms with E-state index in [0.717, 1.165) is 0 Å². The maximum Gasteiger partial charge on any atom is 0.340 e. The molecule has 0 spiro atoms. The molecule has 1 aliphatic carbocycles. The highest BCUT2D eigenvalue weighted by molar-refractivity contribution is 9.10. The van der Waals surface area contributed by atoms with Crippen molar-refractivity contribution in [2.75, 3.05) is 7.11 Å². The van der Waals surface area contributed by atoms with E-state index in [1.54, 1.807) is 30.3 Å². The van der Waals surface area contributed by atoms with E-state index in [4.69, 9.17) is 19.9 Å². The molecule has 1 atom stereocenters. The second-order valence-electron chi connectivity index (χ2n) is 7.53. The first-order valence-corrected chi connectivity index (χ1v) is 10.9. The van der Waals surface area contributed by atoms with Gasteiger partial charge in [0.2, 0.25) is 5.88 Å². The average Bonchev–Trinajstić information content (AvgIpc) is 2.77. The van der Waals surface area contributed by atoms with Crippen molar-refractivity contribution < 1.29 is 28.2 Å². The lowest BCUT2D eigenvalue weighted by Crippen LogP contribution is -2.31. The average molecular weight is 502 g/mol. The molecule has 6 nitrogen and oxygen atoms in total. The first-order chi connectivity index (χ1) is 15.4. The molecule has 2 N–H and O–H groups in total. The van der Waals surface area contributed by atoms with Crippen molar-refractivity contribution in [1.82, 2.24) is 0 Å². The molecule has 0 bridgehead atoms. The van der Waals surface area contributed by atoms with Crippen LogP contribution in [0.4, 0.5) is 4.39 Å². The number of halogens is 2. The van der Waals surface area contributed by atoms with Crippen molar-refractivity contribution in [3.63, 3.8) is 0 Å². The summed E-state index contributed by atoms with van der Waals surface area (Å²) in [5, 5.41) is 0. The molecule has 4 rings (SSSR count). The van der Waals surface area contributed by atoms with E-state index in [1.165, 1.54) is 19.2 Å². The van der Waals surface area contributed by atoms with Crippen LogP contribution < -0.4 is 10.5 Å². The van der Waals surface area contributed by atoms with Crippen molar-refractivity contribution in [3.05, 3.63) is 86.7 Å². The molecule has 0 aromatic heterocycles. The molecule has 2 aliphatic rings. The highest BCUT2D eigenvalue weighted by atomic mass is 79.9. The number of benzene rings is 2. The number of ketones is 1. The lowest BCUT2D eigenvalue weighted by atomic mass is 9.77. The summed E-state index contributed by atoms with van der Waals surface area (Å²) in [5.41, 5.74) is 7.97. The van der Waals surface area contributed by atoms with Crippen LogP contribution in [-0.4, -0.2) is 18.9 Å². The Morgan fingerprint density at radius 3 is 2.78 bits per heavy atom. The van der Waals surface area contributed by atoms with Crippen LogP contribution in [0.25, 0.3) is 0 Å². The molecule has 0 unspecified atom stereocenters. The number of hydrogen-bond donors (Lipinski definition) is 1. The van der Waals surface area contributed by atoms with Gasteiger partial charge in [-0.15, -0.1) is 0 Å². The third kappa shape index (κ3) is 4.27. The summed E-state index contributed by atoms with van der Waals surface area (Å²) < 4.78 is 30.4. The highest BCUT2D eigenvalue weighted by Crippen LogP contribution is 2.45. The van der Waals surface area contributed by atoms with Crippen molar-refractivity contribution >= 4 is 27.7 Å². The van der Waals surface area contributed by atoms with Crippen LogP contribution in [0.3, 0.4) is 0 Å². The maximum atomic E-state index is 13.4. The number of esters is 1. The van der Waals surface area contributed by atoms with Gasteiger partial charge in [0.25, 0.3) is 0 Å². The predicted octanol–water partition coefficient (Wildman–Crippen LogP) is 4.63. The second kappa shape index (κ2) is 9.16. The zero-order valence-electron chi connectivity index (χ0n) is 17.3. The van der Waals surface area contributed by atoms with E-state index in [9.17, 15) is 14.0 Å². The van der Waals surface area contributed by atoms with Gasteiger partial charge in [-0.05, 0) is 57.7 Å². The summed E-state index contributed by atoms with van der Waals surface area (Å²) >= 11 is 3.50. The van der Waals surface area contributed by atoms with E-state index in [2.05, 4.69) is 15.9 Å². The first-order valence-electron chi connectivity index (χ1n) is 10.1. The third-order valence-corrected chi connectivity index (χ3v) is 6.08. The van der Waals surface area contributed by atoms with E-state index in [1.807, 2.05) is 0 Å². The molecule has 1 aliphatic heterocycles. The lowest BCUT2D eigenvalue weighted by molar-refractivity contribution is -0.136. The van der Waals surface area contributed by atoms with Gasteiger partial charge < -0.3 is 19.9 Å². The fourth-order valence-corrected chi connectivity index (χ4v) is 4.51. The number of hydrogen-bond acceptors (Lipinski definition) is 6. The molecule has 2 aromatic carbocycles. The van der Waals surface area contributed by atoms with Crippen LogP contribution in [0.5, 0.6) is 5.75 Å². The summed E-state index contributed by atoms with van der Waals surface area (Å²) in [4.78, 5) is 25.3. The minimum Gasteiger partial charge on any atom is -0.488 e. The van der Waals surface area contributed by atoms with Gasteiger partial charge >= 0.3 is 5.97 Å². The normalized spacial score (nSPS) is 18.2. The molecular weight excluding hydrogens is 481 g/mol. The predicted molar refractivity (Wildman–Crippen MR) is 118 cm³/mol. The Labute approximate surface area is 193 Å². The summed E-state index contributed by atoms with van der Waals surface area (Å²) in [6.45, 7) is 0.182. The van der Waals surface area contributed by atoms with Gasteiger partial charge in [0.1, 0.15) is 29.5 Å². The molecule has 32 heavy (non-hydrogen) atoms. The van der Waals surface area contributed by atoms with E-state index in [-0.39, 0.29) is 29.7 Å². The Bertz CT molecular complexity index is 1160. The summed E-state index contributed by atoms with van der Waals surface area (Å²) in [6.07, 6.45) is 1.62. The summed E-state index contributed by atoms with van der Waals surface area (Å²) in [5.74, 6) is -0.788. The van der Waals surface area contributed by atoms with Crippen LogP contribution in [0.2, 0.25) is 0 Å². The SMILES string of the molecule is COC(=O)C1=C(N)OC2=C(C(=O)CCC2)[C@@H]1c1ccc(OCc2cccc(F)c2)c(Br)c1. The molecule has 0 amide bonds. The zero-order valence-corrected chi connectivity index (χ0v) is 18.9. The maximum absolute atomic E-state index is 13.4. The number of methoxy groups -OCH3 is 1. The third-order valence-electron chi connectivity index (χ3n) is 5.46. The summed E-state index contributed by atoms with van der Waals surface area (Å²) in [7, 11) is 1.26. The van der Waals surface area contributed by atoms with Crippen LogP contribution in [0, 0.1) is 5.82 Å². The van der Waals surface area contributed by atoms with Crippen LogP contribution >= 0.6 is 15.9 Å². The molecular formula is C24H21BrFNO5. The number of rotatable bonds is 5. The number of nitrogens with two attached hydrogens (primary N) is 1. The van der Waals surface area contributed by atoms with Crippen LogP contribution in [0.1, 0.15) is 36.3 Å². The van der Waals surface area contributed by atoms with Gasteiger partial charge in [0.05, 0.1) is 17.5 Å². The van der Waals surface area contributed by atoms with Gasteiger partial charge in [-0.25, -0.2) is 9.18 Å². The van der Waals surface area contributed by atoms with Crippen molar-refractivity contribution in [2.45, 2.75) is 31.8 Å². The fourth-order valence-electron chi connectivity index (χ4n) is 4.00. The lowest BCUT2D eigenvalue weighted by Gasteiger charge is -2.32. The molecule has 1 heterocycles. The zero-order chi connectivity index (χ0) is 22.8. The number of Topliss-reactive ketones (excluding diaryl/α,β-unsaturated/α-hetero) is 1.